The fraction of sp³-hybridized carbons (Fsp3) is 0.118. The molecule has 124 valence electrons. The third kappa shape index (κ3) is 3.63. The van der Waals surface area contributed by atoms with E-state index in [4.69, 9.17) is 9.47 Å². The Morgan fingerprint density at radius 1 is 0.917 bits per heavy atom. The van der Waals surface area contributed by atoms with Gasteiger partial charge in [-0.25, -0.2) is 4.98 Å². The van der Waals surface area contributed by atoms with Crippen molar-refractivity contribution in [3.8, 4) is 22.8 Å². The highest BCUT2D eigenvalue weighted by atomic mass is 79.9. The van der Waals surface area contributed by atoms with Gasteiger partial charge in [-0.1, -0.05) is 18.2 Å². The van der Waals surface area contributed by atoms with Gasteiger partial charge in [0.05, 0.1) is 11.4 Å². The number of aromatic nitrogens is 1. The van der Waals surface area contributed by atoms with Crippen LogP contribution in [0.2, 0.25) is 0 Å². The molecule has 0 fully saturated rings. The predicted octanol–water partition coefficient (Wildman–Crippen LogP) is 1.02. The number of fused-ring (bicyclic) bond motifs is 1. The van der Waals surface area contributed by atoms with Crippen molar-refractivity contribution in [1.29, 1.82) is 0 Å². The summed E-state index contributed by atoms with van der Waals surface area (Å²) in [5.41, 5.74) is 9.15. The summed E-state index contributed by atoms with van der Waals surface area (Å²) in [7, 11) is 0. The zero-order chi connectivity index (χ0) is 15.5. The molecule has 0 amide bonds. The number of thiazole rings is 1. The average molecular weight is 405 g/mol. The maximum absolute atomic E-state index is 5.62. The standard InChI is InChI=1S/C17H15N3O2S.BrH/c1-2-4-13(5-3-1)19-20-17-18-14(11-23-17)12-6-7-15-16(10-12)22-9-8-21-15;/h1-7,10-11,19H,8-9H2,(H,18,20);1H/p-1. The Hall–Kier alpha value is -2.25. The van der Waals surface area contributed by atoms with Crippen molar-refractivity contribution >= 4 is 22.2 Å². The third-order valence-electron chi connectivity index (χ3n) is 3.43. The zero-order valence-corrected chi connectivity index (χ0v) is 15.1. The molecular weight excluding hydrogens is 390 g/mol. The number of hydrogen-bond acceptors (Lipinski definition) is 6. The monoisotopic (exact) mass is 404 g/mol. The molecule has 24 heavy (non-hydrogen) atoms. The highest BCUT2D eigenvalue weighted by Crippen LogP contribution is 2.35. The lowest BCUT2D eigenvalue weighted by Crippen LogP contribution is -3.00. The number of hydrazine groups is 1. The van der Waals surface area contributed by atoms with E-state index in [1.54, 1.807) is 11.3 Å². The fourth-order valence-electron chi connectivity index (χ4n) is 2.31. The number of ether oxygens (including phenoxy) is 2. The molecule has 2 heterocycles. The van der Waals surface area contributed by atoms with Gasteiger partial charge in [0.1, 0.15) is 13.2 Å². The Morgan fingerprint density at radius 3 is 2.54 bits per heavy atom. The highest BCUT2D eigenvalue weighted by Gasteiger charge is 2.13. The molecule has 0 saturated carbocycles. The molecule has 2 aromatic carbocycles. The van der Waals surface area contributed by atoms with Gasteiger partial charge in [-0.2, -0.15) is 0 Å². The molecule has 1 aliphatic rings. The van der Waals surface area contributed by atoms with E-state index in [9.17, 15) is 0 Å². The molecular formula is C17H15BrN3O2S-. The molecule has 3 aromatic rings. The minimum absolute atomic E-state index is 0. The van der Waals surface area contributed by atoms with Crippen molar-refractivity contribution in [3.05, 3.63) is 53.9 Å². The quantitative estimate of drug-likeness (QED) is 0.636. The van der Waals surface area contributed by atoms with Gasteiger partial charge >= 0.3 is 0 Å². The number of anilines is 2. The number of rotatable bonds is 4. The zero-order valence-electron chi connectivity index (χ0n) is 12.7. The molecule has 0 atom stereocenters. The summed E-state index contributed by atoms with van der Waals surface area (Å²) in [5.74, 6) is 1.57. The van der Waals surface area contributed by atoms with E-state index < -0.39 is 0 Å². The first kappa shape index (κ1) is 16.6. The van der Waals surface area contributed by atoms with Crippen LogP contribution in [0.15, 0.2) is 53.9 Å². The minimum atomic E-state index is 0. The summed E-state index contributed by atoms with van der Waals surface area (Å²) in [6.45, 7) is 1.18. The van der Waals surface area contributed by atoms with Gasteiger partial charge < -0.3 is 26.5 Å². The SMILES string of the molecule is [Br-].c1ccc(NNc2nc(-c3ccc4c(c3)OCCO4)cs2)cc1. The summed E-state index contributed by atoms with van der Waals surface area (Å²) in [6.07, 6.45) is 0. The van der Waals surface area contributed by atoms with Gasteiger partial charge in [-0.3, -0.25) is 10.9 Å². The van der Waals surface area contributed by atoms with Crippen LogP contribution in [0.3, 0.4) is 0 Å². The lowest BCUT2D eigenvalue weighted by atomic mass is 10.1. The number of nitrogens with one attached hydrogen (secondary N) is 2. The largest absolute Gasteiger partial charge is 1.00 e. The van der Waals surface area contributed by atoms with Crippen LogP contribution in [0.1, 0.15) is 0 Å². The fourth-order valence-corrected chi connectivity index (χ4v) is 2.99. The molecule has 0 aliphatic carbocycles. The molecule has 0 saturated heterocycles. The number of para-hydroxylation sites is 1. The number of halogens is 1. The second-order valence-corrected chi connectivity index (χ2v) is 5.87. The van der Waals surface area contributed by atoms with Crippen LogP contribution in [0.25, 0.3) is 11.3 Å². The minimum Gasteiger partial charge on any atom is -1.00 e. The van der Waals surface area contributed by atoms with E-state index in [2.05, 4.69) is 15.8 Å². The average Bonchev–Trinajstić information content (AvgIpc) is 3.09. The van der Waals surface area contributed by atoms with Crippen LogP contribution in [-0.2, 0) is 0 Å². The third-order valence-corrected chi connectivity index (χ3v) is 4.19. The Bertz CT molecular complexity index is 811. The maximum atomic E-state index is 5.62. The van der Waals surface area contributed by atoms with Crippen LogP contribution in [0.4, 0.5) is 10.8 Å². The summed E-state index contributed by atoms with van der Waals surface area (Å²) in [4.78, 5) is 4.59. The van der Waals surface area contributed by atoms with Crippen molar-refractivity contribution in [2.75, 3.05) is 24.1 Å². The van der Waals surface area contributed by atoms with Crippen LogP contribution >= 0.6 is 11.3 Å². The van der Waals surface area contributed by atoms with E-state index in [0.717, 1.165) is 33.6 Å². The van der Waals surface area contributed by atoms with Crippen molar-refractivity contribution in [1.82, 2.24) is 4.98 Å². The van der Waals surface area contributed by atoms with Gasteiger partial charge in [0.25, 0.3) is 0 Å². The van der Waals surface area contributed by atoms with Gasteiger partial charge in [0.2, 0.25) is 5.13 Å². The Balaban J connectivity index is 0.00000169. The van der Waals surface area contributed by atoms with Crippen molar-refractivity contribution in [3.63, 3.8) is 0 Å². The van der Waals surface area contributed by atoms with Gasteiger partial charge in [-0.15, -0.1) is 11.3 Å². The lowest BCUT2D eigenvalue weighted by molar-refractivity contribution is -0.00000506. The normalized spacial score (nSPS) is 12.2. The molecule has 2 N–H and O–H groups in total. The van der Waals surface area contributed by atoms with Gasteiger partial charge in [0, 0.05) is 10.9 Å². The molecule has 7 heteroatoms. The number of hydrogen-bond donors (Lipinski definition) is 2. The molecule has 0 spiro atoms. The lowest BCUT2D eigenvalue weighted by Gasteiger charge is -2.18. The summed E-state index contributed by atoms with van der Waals surface area (Å²) >= 11 is 1.54. The van der Waals surface area contributed by atoms with Crippen LogP contribution in [0.5, 0.6) is 11.5 Å². The highest BCUT2D eigenvalue weighted by molar-refractivity contribution is 7.14. The van der Waals surface area contributed by atoms with E-state index >= 15 is 0 Å². The Morgan fingerprint density at radius 2 is 1.71 bits per heavy atom. The molecule has 5 nitrogen and oxygen atoms in total. The molecule has 4 rings (SSSR count). The summed E-state index contributed by atoms with van der Waals surface area (Å²) in [6, 6.07) is 15.8. The van der Waals surface area contributed by atoms with E-state index in [-0.39, 0.29) is 17.0 Å². The first-order valence-corrected chi connectivity index (χ1v) is 8.19. The first-order chi connectivity index (χ1) is 11.4. The van der Waals surface area contributed by atoms with Crippen LogP contribution in [0, 0.1) is 0 Å². The number of benzene rings is 2. The number of nitrogens with zero attached hydrogens (tertiary/aromatic N) is 1. The molecule has 0 radical (unpaired) electrons. The molecule has 1 aliphatic heterocycles. The molecule has 1 aromatic heterocycles. The van der Waals surface area contributed by atoms with E-state index in [1.165, 1.54) is 0 Å². The van der Waals surface area contributed by atoms with Gasteiger partial charge in [-0.05, 0) is 30.3 Å². The summed E-state index contributed by atoms with van der Waals surface area (Å²) in [5, 5.41) is 2.82. The van der Waals surface area contributed by atoms with Crippen molar-refractivity contribution in [2.45, 2.75) is 0 Å². The molecule has 0 bridgehead atoms. The Labute approximate surface area is 154 Å². The van der Waals surface area contributed by atoms with Crippen molar-refractivity contribution in [2.24, 2.45) is 0 Å². The predicted molar refractivity (Wildman–Crippen MR) is 92.2 cm³/mol. The van der Waals surface area contributed by atoms with Crippen LogP contribution in [-0.4, -0.2) is 18.2 Å². The van der Waals surface area contributed by atoms with E-state index in [1.807, 2.05) is 53.9 Å². The Kier molecular flexibility index (Phi) is 5.22. The second kappa shape index (κ2) is 7.55. The second-order valence-electron chi connectivity index (χ2n) is 5.01. The summed E-state index contributed by atoms with van der Waals surface area (Å²) < 4.78 is 11.2. The van der Waals surface area contributed by atoms with Crippen molar-refractivity contribution < 1.29 is 26.5 Å². The topological polar surface area (TPSA) is 55.4 Å². The maximum Gasteiger partial charge on any atom is 0.202 e. The molecule has 0 unspecified atom stereocenters. The van der Waals surface area contributed by atoms with Crippen LogP contribution < -0.4 is 37.3 Å². The van der Waals surface area contributed by atoms with Gasteiger partial charge in [0.15, 0.2) is 11.5 Å². The first-order valence-electron chi connectivity index (χ1n) is 7.31. The van der Waals surface area contributed by atoms with E-state index in [0.29, 0.717) is 13.2 Å². The smallest absolute Gasteiger partial charge is 0.202 e.